The van der Waals surface area contributed by atoms with Crippen LogP contribution in [0, 0.1) is 0 Å². The molecule has 6 nitrogen and oxygen atoms in total. The number of rotatable bonds is 6. The van der Waals surface area contributed by atoms with Crippen LogP contribution in [0.1, 0.15) is 54.9 Å². The third-order valence-electron chi connectivity index (χ3n) is 6.84. The summed E-state index contributed by atoms with van der Waals surface area (Å²) in [5.74, 6) is -0.0155. The van der Waals surface area contributed by atoms with E-state index in [0.29, 0.717) is 29.9 Å². The highest BCUT2D eigenvalue weighted by atomic mass is 32.1. The predicted octanol–water partition coefficient (Wildman–Crippen LogP) is 4.84. The number of hydrogen-bond acceptors (Lipinski definition) is 7. The van der Waals surface area contributed by atoms with E-state index in [0.717, 1.165) is 36.2 Å². The average molecular weight is 480 g/mol. The van der Waals surface area contributed by atoms with E-state index in [1.54, 1.807) is 18.4 Å². The molecule has 2 aliphatic heterocycles. The summed E-state index contributed by atoms with van der Waals surface area (Å²) in [7, 11) is 1.61. The van der Waals surface area contributed by atoms with Gasteiger partial charge in [0.05, 0.1) is 18.8 Å². The Kier molecular flexibility index (Phi) is 6.57. The lowest BCUT2D eigenvalue weighted by molar-refractivity contribution is -0.142. The first-order valence-corrected chi connectivity index (χ1v) is 12.6. The van der Waals surface area contributed by atoms with Crippen molar-refractivity contribution >= 4 is 23.1 Å². The number of carbonyl (C=O) groups is 2. The van der Waals surface area contributed by atoms with E-state index in [-0.39, 0.29) is 24.4 Å². The molecule has 0 saturated carbocycles. The van der Waals surface area contributed by atoms with Gasteiger partial charge in [-0.3, -0.25) is 4.79 Å². The first kappa shape index (κ1) is 22.9. The molecule has 2 aromatic rings. The van der Waals surface area contributed by atoms with Crippen LogP contribution in [0.2, 0.25) is 0 Å². The van der Waals surface area contributed by atoms with Crippen LogP contribution in [-0.4, -0.2) is 38.2 Å². The Hall–Kier alpha value is -2.90. The van der Waals surface area contributed by atoms with Crippen molar-refractivity contribution in [1.82, 2.24) is 5.32 Å². The lowest BCUT2D eigenvalue weighted by Crippen LogP contribution is -2.36. The Morgan fingerprint density at radius 3 is 2.85 bits per heavy atom. The van der Waals surface area contributed by atoms with Crippen LogP contribution in [0.25, 0.3) is 0 Å². The van der Waals surface area contributed by atoms with Gasteiger partial charge >= 0.3 is 5.97 Å². The number of Topliss-reactive ketones (excluding diaryl/α,β-unsaturated/α-hetero) is 1. The third kappa shape index (κ3) is 4.42. The lowest BCUT2D eigenvalue weighted by Gasteiger charge is -2.36. The highest BCUT2D eigenvalue weighted by Crippen LogP contribution is 2.46. The summed E-state index contributed by atoms with van der Waals surface area (Å²) in [5, 5.41) is 5.45. The Morgan fingerprint density at radius 1 is 1.24 bits per heavy atom. The molecule has 1 N–H and O–H groups in total. The van der Waals surface area contributed by atoms with Crippen molar-refractivity contribution in [2.24, 2.45) is 0 Å². The Balaban J connectivity index is 1.51. The van der Waals surface area contributed by atoms with Crippen molar-refractivity contribution in [3.05, 3.63) is 74.8 Å². The molecule has 1 aromatic carbocycles. The van der Waals surface area contributed by atoms with Gasteiger partial charge in [-0.15, -0.1) is 11.3 Å². The van der Waals surface area contributed by atoms with E-state index in [1.807, 2.05) is 42.6 Å². The van der Waals surface area contributed by atoms with Gasteiger partial charge in [-0.1, -0.05) is 18.2 Å². The zero-order valence-electron chi connectivity index (χ0n) is 19.5. The molecule has 1 aliphatic carbocycles. The molecule has 7 heteroatoms. The van der Waals surface area contributed by atoms with Crippen LogP contribution in [-0.2, 0) is 19.1 Å². The molecule has 0 amide bonds. The maximum absolute atomic E-state index is 13.6. The summed E-state index contributed by atoms with van der Waals surface area (Å²) in [6.45, 7) is 2.81. The molecule has 3 heterocycles. The van der Waals surface area contributed by atoms with Crippen LogP contribution in [0.3, 0.4) is 0 Å². The summed E-state index contributed by atoms with van der Waals surface area (Å²) in [6.07, 6.45) is 2.97. The standard InChI is InChI=1S/C27H29NO5S/c1-16-24(27(30)33-15-20-8-4-10-32-20)25(17-6-3-7-19(12-17)31-2)26-21(28-16)13-18(14-22(26)29)23-9-5-11-34-23/h3,5-7,9,11-12,18,20,25,28H,4,8,10,13-15H2,1-2H3. The minimum absolute atomic E-state index is 0.0608. The number of thiophene rings is 1. The van der Waals surface area contributed by atoms with Gasteiger partial charge in [0.2, 0.25) is 0 Å². The molecule has 5 rings (SSSR count). The van der Waals surface area contributed by atoms with Gasteiger partial charge in [0.1, 0.15) is 12.4 Å². The molecule has 3 aliphatic rings. The van der Waals surface area contributed by atoms with Gasteiger partial charge in [0.15, 0.2) is 5.78 Å². The number of benzene rings is 1. The molecular weight excluding hydrogens is 450 g/mol. The number of methoxy groups -OCH3 is 1. The van der Waals surface area contributed by atoms with Crippen LogP contribution < -0.4 is 10.1 Å². The molecule has 3 unspecified atom stereocenters. The van der Waals surface area contributed by atoms with Crippen molar-refractivity contribution in [1.29, 1.82) is 0 Å². The molecule has 3 atom stereocenters. The maximum Gasteiger partial charge on any atom is 0.336 e. The van der Waals surface area contributed by atoms with E-state index in [2.05, 4.69) is 11.4 Å². The smallest absolute Gasteiger partial charge is 0.336 e. The van der Waals surface area contributed by atoms with Crippen molar-refractivity contribution in [3.8, 4) is 5.75 Å². The van der Waals surface area contributed by atoms with Crippen LogP contribution in [0.4, 0.5) is 0 Å². The largest absolute Gasteiger partial charge is 0.497 e. The van der Waals surface area contributed by atoms with Crippen LogP contribution >= 0.6 is 11.3 Å². The van der Waals surface area contributed by atoms with E-state index in [4.69, 9.17) is 14.2 Å². The van der Waals surface area contributed by atoms with Crippen molar-refractivity contribution < 1.29 is 23.8 Å². The van der Waals surface area contributed by atoms with E-state index in [9.17, 15) is 9.59 Å². The number of allylic oxidation sites excluding steroid dienone is 3. The van der Waals surface area contributed by atoms with Gasteiger partial charge in [-0.05, 0) is 55.3 Å². The molecule has 178 valence electrons. The quantitative estimate of drug-likeness (QED) is 0.598. The number of esters is 1. The summed E-state index contributed by atoms with van der Waals surface area (Å²) < 4.78 is 16.8. The minimum Gasteiger partial charge on any atom is -0.497 e. The molecule has 34 heavy (non-hydrogen) atoms. The first-order chi connectivity index (χ1) is 16.5. The Labute approximate surface area is 203 Å². The molecule has 1 fully saturated rings. The maximum atomic E-state index is 13.6. The van der Waals surface area contributed by atoms with Crippen molar-refractivity contribution in [3.63, 3.8) is 0 Å². The summed E-state index contributed by atoms with van der Waals surface area (Å²) >= 11 is 1.68. The zero-order valence-corrected chi connectivity index (χ0v) is 20.3. The number of ketones is 1. The number of ether oxygens (including phenoxy) is 3. The first-order valence-electron chi connectivity index (χ1n) is 11.7. The summed E-state index contributed by atoms with van der Waals surface area (Å²) in [5.41, 5.74) is 3.61. The minimum atomic E-state index is -0.500. The second-order valence-corrected chi connectivity index (χ2v) is 10.0. The number of hydrogen-bond donors (Lipinski definition) is 1. The Morgan fingerprint density at radius 2 is 2.12 bits per heavy atom. The van der Waals surface area contributed by atoms with Crippen molar-refractivity contribution in [2.45, 2.75) is 50.5 Å². The highest BCUT2D eigenvalue weighted by Gasteiger charge is 2.41. The second kappa shape index (κ2) is 9.76. The number of nitrogens with one attached hydrogen (secondary N) is 1. The fraction of sp³-hybridized carbons (Fsp3) is 0.407. The molecule has 1 aromatic heterocycles. The molecule has 0 radical (unpaired) electrons. The molecule has 1 saturated heterocycles. The van der Waals surface area contributed by atoms with Gasteiger partial charge in [-0.2, -0.15) is 0 Å². The summed E-state index contributed by atoms with van der Waals surface area (Å²) in [4.78, 5) is 28.2. The van der Waals surface area contributed by atoms with E-state index < -0.39 is 11.9 Å². The molecule has 0 spiro atoms. The summed E-state index contributed by atoms with van der Waals surface area (Å²) in [6, 6.07) is 11.7. The third-order valence-corrected chi connectivity index (χ3v) is 7.88. The predicted molar refractivity (Wildman–Crippen MR) is 130 cm³/mol. The van der Waals surface area contributed by atoms with Crippen molar-refractivity contribution in [2.75, 3.05) is 20.3 Å². The SMILES string of the molecule is COc1cccc(C2C(C(=O)OCC3CCCO3)=C(C)NC3=C2C(=O)CC(c2cccs2)C3)c1. The molecule has 0 bridgehead atoms. The number of carbonyl (C=O) groups excluding carboxylic acids is 2. The number of dihydropyridines is 1. The Bertz CT molecular complexity index is 1140. The van der Waals surface area contributed by atoms with Gasteiger partial charge < -0.3 is 19.5 Å². The van der Waals surface area contributed by atoms with E-state index in [1.165, 1.54) is 4.88 Å². The van der Waals surface area contributed by atoms with Crippen LogP contribution in [0.15, 0.2) is 64.3 Å². The fourth-order valence-corrected chi connectivity index (χ4v) is 6.04. The van der Waals surface area contributed by atoms with Crippen LogP contribution in [0.5, 0.6) is 5.75 Å². The van der Waals surface area contributed by atoms with Gasteiger partial charge in [-0.25, -0.2) is 4.79 Å². The lowest BCUT2D eigenvalue weighted by atomic mass is 9.72. The monoisotopic (exact) mass is 479 g/mol. The van der Waals surface area contributed by atoms with E-state index >= 15 is 0 Å². The average Bonchev–Trinajstić information content (AvgIpc) is 3.56. The van der Waals surface area contributed by atoms with Gasteiger partial charge in [0, 0.05) is 46.7 Å². The van der Waals surface area contributed by atoms with Gasteiger partial charge in [0.25, 0.3) is 0 Å². The normalized spacial score (nSPS) is 24.6. The molecular formula is C27H29NO5S. The highest BCUT2D eigenvalue weighted by molar-refractivity contribution is 7.10. The topological polar surface area (TPSA) is 73.9 Å². The zero-order chi connectivity index (χ0) is 23.7. The second-order valence-electron chi connectivity index (χ2n) is 9.04. The fourth-order valence-electron chi connectivity index (χ4n) is 5.21.